The molecule has 0 aliphatic carbocycles. The summed E-state index contributed by atoms with van der Waals surface area (Å²) < 4.78 is 146. The monoisotopic (exact) mass is 730 g/mol. The van der Waals surface area contributed by atoms with Crippen LogP contribution in [-0.2, 0) is 26.7 Å². The quantitative estimate of drug-likeness (QED) is 0.0853. The van der Waals surface area contributed by atoms with Crippen LogP contribution in [0.1, 0.15) is 29.8 Å². The van der Waals surface area contributed by atoms with Crippen LogP contribution < -0.4 is 9.13 Å². The standard InChI is InChI=1S/C24H29N2O4P.2F6P/c1-3-29-31(28,30-4-2)18-17-25-13-9-23(10-14-25)24-11-15-26(16-12-24)19-21-5-7-22(20-27)8-6-21;2*1-7(2,3,4,5)6/h5-16,20H,3-4,17-19H2,1-2H3;;/q+2;2*-1. The molecule has 3 aromatic rings. The predicted molar refractivity (Wildman–Crippen MR) is 146 cm³/mol. The molecule has 6 nitrogen and oxygen atoms in total. The molecule has 1 aromatic carbocycles. The molecule has 45 heavy (non-hydrogen) atoms. The number of aromatic nitrogens is 2. The molecule has 3 rings (SSSR count). The van der Waals surface area contributed by atoms with Gasteiger partial charge in [-0.2, -0.15) is 0 Å². The number of hydrogen-bond acceptors (Lipinski definition) is 4. The van der Waals surface area contributed by atoms with Crippen molar-refractivity contribution in [2.75, 3.05) is 19.4 Å². The van der Waals surface area contributed by atoms with Crippen LogP contribution in [0.15, 0.2) is 73.3 Å². The Bertz CT molecular complexity index is 1390. The molecule has 2 heterocycles. The summed E-state index contributed by atoms with van der Waals surface area (Å²) >= 11 is 0. The first-order chi connectivity index (χ1) is 19.9. The van der Waals surface area contributed by atoms with Crippen LogP contribution in [-0.4, -0.2) is 25.7 Å². The molecule has 0 aliphatic heterocycles. The number of hydrogen-bond donors (Lipinski definition) is 0. The Balaban J connectivity index is 0.000000601. The minimum absolute atomic E-state index is 0.345. The molecule has 0 aliphatic rings. The number of halogens is 12. The molecular formula is C24H29F12N2O4P3. The molecule has 0 spiro atoms. The average molecular weight is 730 g/mol. The summed E-state index contributed by atoms with van der Waals surface area (Å²) in [6.07, 6.45) is 9.25. The van der Waals surface area contributed by atoms with Crippen molar-refractivity contribution in [1.82, 2.24) is 0 Å². The summed E-state index contributed by atoms with van der Waals surface area (Å²) in [4.78, 5) is 10.8. The van der Waals surface area contributed by atoms with Gasteiger partial charge < -0.3 is 9.05 Å². The number of pyridine rings is 2. The Morgan fingerprint density at radius 3 is 1.33 bits per heavy atom. The maximum atomic E-state index is 12.6. The average Bonchev–Trinajstić information content (AvgIpc) is 2.85. The van der Waals surface area contributed by atoms with Crippen LogP contribution in [0.2, 0.25) is 0 Å². The molecule has 0 radical (unpaired) electrons. The zero-order valence-corrected chi connectivity index (χ0v) is 26.1. The fourth-order valence-corrected chi connectivity index (χ4v) is 4.86. The molecule has 0 atom stereocenters. The molecule has 258 valence electrons. The molecule has 21 heteroatoms. The van der Waals surface area contributed by atoms with Gasteiger partial charge in [-0.1, -0.05) is 24.3 Å². The summed E-state index contributed by atoms with van der Waals surface area (Å²) in [5, 5.41) is 0. The van der Waals surface area contributed by atoms with E-state index in [2.05, 4.69) is 16.7 Å². The molecule has 0 N–H and O–H groups in total. The molecular weight excluding hydrogens is 701 g/mol. The van der Waals surface area contributed by atoms with E-state index in [1.165, 1.54) is 0 Å². The van der Waals surface area contributed by atoms with Gasteiger partial charge in [0.2, 0.25) is 0 Å². The first kappa shape index (κ1) is 40.4. The van der Waals surface area contributed by atoms with Gasteiger partial charge in [0.05, 0.1) is 13.2 Å². The van der Waals surface area contributed by atoms with Gasteiger partial charge in [-0.05, 0) is 25.0 Å². The summed E-state index contributed by atoms with van der Waals surface area (Å²) in [7, 11) is -24.3. The van der Waals surface area contributed by atoms with Crippen molar-refractivity contribution >= 4 is 29.5 Å². The van der Waals surface area contributed by atoms with Crippen molar-refractivity contribution in [2.24, 2.45) is 0 Å². The van der Waals surface area contributed by atoms with Crippen molar-refractivity contribution in [1.29, 1.82) is 0 Å². The van der Waals surface area contributed by atoms with Gasteiger partial charge in [-0.15, -0.1) is 0 Å². The normalized spacial score (nSPS) is 15.1. The molecule has 0 saturated heterocycles. The molecule has 2 aromatic heterocycles. The van der Waals surface area contributed by atoms with Gasteiger partial charge in [0.25, 0.3) is 0 Å². The van der Waals surface area contributed by atoms with E-state index in [0.717, 1.165) is 29.5 Å². The van der Waals surface area contributed by atoms with Gasteiger partial charge in [-0.25, -0.2) is 9.13 Å². The molecule has 0 fully saturated rings. The number of benzene rings is 1. The summed E-state index contributed by atoms with van der Waals surface area (Å²) in [5.74, 6) is 0. The van der Waals surface area contributed by atoms with Crippen LogP contribution in [0, 0.1) is 0 Å². The molecule has 0 bridgehead atoms. The van der Waals surface area contributed by atoms with Crippen molar-refractivity contribution < 1.29 is 77.9 Å². The minimum atomic E-state index is -10.7. The van der Waals surface area contributed by atoms with E-state index in [0.29, 0.717) is 31.5 Å². The zero-order valence-electron chi connectivity index (χ0n) is 23.4. The Labute approximate surface area is 249 Å². The Hall–Kier alpha value is -2.64. The fourth-order valence-electron chi connectivity index (χ4n) is 3.26. The van der Waals surface area contributed by atoms with Gasteiger partial charge in [0.15, 0.2) is 37.9 Å². The van der Waals surface area contributed by atoms with E-state index >= 15 is 0 Å². The van der Waals surface area contributed by atoms with E-state index < -0.39 is 23.2 Å². The van der Waals surface area contributed by atoms with E-state index in [1.54, 1.807) is 0 Å². The van der Waals surface area contributed by atoms with E-state index in [1.807, 2.05) is 79.6 Å². The third-order valence-corrected chi connectivity index (χ3v) is 6.93. The van der Waals surface area contributed by atoms with Gasteiger partial charge in [-0.3, -0.25) is 9.36 Å². The number of carbonyl (C=O) groups excluding carboxylic acids is 1. The first-order valence-electron chi connectivity index (χ1n) is 12.5. The van der Waals surface area contributed by atoms with Crippen LogP contribution in [0.5, 0.6) is 0 Å². The summed E-state index contributed by atoms with van der Waals surface area (Å²) in [5.41, 5.74) is 4.05. The number of aldehydes is 1. The second-order valence-corrected chi connectivity index (χ2v) is 15.0. The Kier molecular flexibility index (Phi) is 11.9. The van der Waals surface area contributed by atoms with Crippen LogP contribution in [0.4, 0.5) is 50.4 Å². The van der Waals surface area contributed by atoms with Crippen molar-refractivity contribution in [3.63, 3.8) is 0 Å². The number of rotatable bonds is 11. The third kappa shape index (κ3) is 24.3. The Morgan fingerprint density at radius 2 is 1.00 bits per heavy atom. The first-order valence-corrected chi connectivity index (χ1v) is 18.3. The second kappa shape index (κ2) is 13.2. The van der Waals surface area contributed by atoms with E-state index in [-0.39, 0.29) is 0 Å². The summed E-state index contributed by atoms with van der Waals surface area (Å²) in [6.45, 7) is 5.70. The van der Waals surface area contributed by atoms with Crippen molar-refractivity contribution in [3.8, 4) is 11.1 Å². The number of carbonyl (C=O) groups is 1. The molecule has 0 saturated carbocycles. The van der Waals surface area contributed by atoms with Crippen LogP contribution >= 0.6 is 23.2 Å². The fraction of sp³-hybridized carbons (Fsp3) is 0.292. The van der Waals surface area contributed by atoms with Gasteiger partial charge >= 0.3 is 73.6 Å². The van der Waals surface area contributed by atoms with Crippen molar-refractivity contribution in [2.45, 2.75) is 26.9 Å². The van der Waals surface area contributed by atoms with E-state index in [9.17, 15) is 59.7 Å². The predicted octanol–water partition coefficient (Wildman–Crippen LogP) is 10.8. The third-order valence-electron chi connectivity index (χ3n) is 4.88. The molecule has 0 amide bonds. The zero-order chi connectivity index (χ0) is 34.9. The number of aryl methyl sites for hydroxylation is 1. The van der Waals surface area contributed by atoms with Crippen LogP contribution in [0.3, 0.4) is 0 Å². The summed E-state index contributed by atoms with van der Waals surface area (Å²) in [6, 6.07) is 15.9. The van der Waals surface area contributed by atoms with Gasteiger partial charge in [0.1, 0.15) is 12.4 Å². The second-order valence-electron chi connectivity index (χ2n) is 9.03. The maximum absolute atomic E-state index is 12.6. The molecule has 0 unspecified atom stereocenters. The van der Waals surface area contributed by atoms with Crippen molar-refractivity contribution in [3.05, 3.63) is 84.4 Å². The Morgan fingerprint density at radius 1 is 0.644 bits per heavy atom. The van der Waals surface area contributed by atoms with Crippen LogP contribution in [0.25, 0.3) is 11.1 Å². The van der Waals surface area contributed by atoms with Gasteiger partial charge in [0, 0.05) is 35.4 Å². The van der Waals surface area contributed by atoms with E-state index in [4.69, 9.17) is 9.05 Å². The number of nitrogens with zero attached hydrogens (tertiary/aromatic N) is 2. The SMILES string of the molecule is CCOP(=O)(CC[n+]1ccc(-c2cc[n+](Cc3ccc(C=O)cc3)cc2)cc1)OCC.F[P-](F)(F)(F)(F)F.F[P-](F)(F)(F)(F)F. The topological polar surface area (TPSA) is 60.4 Å².